The van der Waals surface area contributed by atoms with E-state index in [1.165, 1.54) is 12.1 Å². The maximum atomic E-state index is 13.5. The van der Waals surface area contributed by atoms with Crippen molar-refractivity contribution in [3.8, 4) is 0 Å². The predicted molar refractivity (Wildman–Crippen MR) is 103 cm³/mol. The van der Waals surface area contributed by atoms with E-state index in [0.717, 1.165) is 12.8 Å². The molecular weight excluding hydrogens is 400 g/mol. The standard InChI is InChI=1S/C22H24F4N2O2/c23-18-9-7-16(8-10-18)20(28-13-2-1-6-19(28)29)21(17-5-3-12-27-15-17)30-14-4-11-22(24,25)26/h3,5,7-10,12,15,20-21H,1-2,4,6,11,13-14H2. The van der Waals surface area contributed by atoms with Gasteiger partial charge in [-0.3, -0.25) is 9.78 Å². The molecular formula is C22H24F4N2O2. The van der Waals surface area contributed by atoms with Crippen molar-refractivity contribution in [3.05, 3.63) is 65.7 Å². The van der Waals surface area contributed by atoms with Crippen LogP contribution in [0.25, 0.3) is 0 Å². The van der Waals surface area contributed by atoms with Crippen LogP contribution < -0.4 is 0 Å². The van der Waals surface area contributed by atoms with E-state index >= 15 is 0 Å². The molecule has 4 nitrogen and oxygen atoms in total. The smallest absolute Gasteiger partial charge is 0.371 e. The summed E-state index contributed by atoms with van der Waals surface area (Å²) in [6.45, 7) is 0.377. The summed E-state index contributed by atoms with van der Waals surface area (Å²) in [5.74, 6) is -0.463. The van der Waals surface area contributed by atoms with Gasteiger partial charge in [-0.05, 0) is 43.0 Å². The molecule has 30 heavy (non-hydrogen) atoms. The molecule has 2 unspecified atom stereocenters. The van der Waals surface area contributed by atoms with E-state index in [1.807, 2.05) is 0 Å². The molecule has 1 aliphatic rings. The topological polar surface area (TPSA) is 42.4 Å². The van der Waals surface area contributed by atoms with E-state index in [9.17, 15) is 22.4 Å². The highest BCUT2D eigenvalue weighted by atomic mass is 19.4. The van der Waals surface area contributed by atoms with Crippen molar-refractivity contribution < 1.29 is 27.1 Å². The summed E-state index contributed by atoms with van der Waals surface area (Å²) in [6, 6.07) is 8.68. The largest absolute Gasteiger partial charge is 0.389 e. The molecule has 0 saturated carbocycles. The highest BCUT2D eigenvalue weighted by Crippen LogP contribution is 2.39. The maximum Gasteiger partial charge on any atom is 0.389 e. The molecule has 2 heterocycles. The van der Waals surface area contributed by atoms with Gasteiger partial charge in [-0.25, -0.2) is 4.39 Å². The Morgan fingerprint density at radius 3 is 2.50 bits per heavy atom. The monoisotopic (exact) mass is 424 g/mol. The number of likely N-dealkylation sites (tertiary alicyclic amines) is 1. The molecule has 1 aromatic heterocycles. The second kappa shape index (κ2) is 10.0. The zero-order chi connectivity index (χ0) is 21.6. The first kappa shape index (κ1) is 22.2. The van der Waals surface area contributed by atoms with Crippen molar-refractivity contribution in [1.29, 1.82) is 0 Å². The van der Waals surface area contributed by atoms with Gasteiger partial charge in [0.25, 0.3) is 0 Å². The molecule has 0 N–H and O–H groups in total. The number of piperidine rings is 1. The normalized spacial score (nSPS) is 17.1. The van der Waals surface area contributed by atoms with Gasteiger partial charge in [-0.2, -0.15) is 13.2 Å². The van der Waals surface area contributed by atoms with Crippen LogP contribution in [0.2, 0.25) is 0 Å². The third-order valence-corrected chi connectivity index (χ3v) is 5.11. The summed E-state index contributed by atoms with van der Waals surface area (Å²) in [7, 11) is 0. The fraction of sp³-hybridized carbons (Fsp3) is 0.455. The quantitative estimate of drug-likeness (QED) is 0.422. The molecule has 162 valence electrons. The van der Waals surface area contributed by atoms with Crippen LogP contribution in [0.4, 0.5) is 17.6 Å². The van der Waals surface area contributed by atoms with Gasteiger partial charge in [0, 0.05) is 44.0 Å². The van der Waals surface area contributed by atoms with E-state index in [4.69, 9.17) is 4.74 Å². The third kappa shape index (κ3) is 6.01. The Kier molecular flexibility index (Phi) is 7.42. The summed E-state index contributed by atoms with van der Waals surface area (Å²) in [5, 5.41) is 0. The van der Waals surface area contributed by atoms with E-state index in [1.54, 1.807) is 41.6 Å². The molecule has 0 radical (unpaired) electrons. The van der Waals surface area contributed by atoms with Gasteiger partial charge in [-0.15, -0.1) is 0 Å². The molecule has 3 rings (SSSR count). The number of benzene rings is 1. The zero-order valence-corrected chi connectivity index (χ0v) is 16.4. The maximum absolute atomic E-state index is 13.5. The van der Waals surface area contributed by atoms with Gasteiger partial charge in [-0.1, -0.05) is 18.2 Å². The zero-order valence-electron chi connectivity index (χ0n) is 16.4. The Morgan fingerprint density at radius 1 is 1.10 bits per heavy atom. The molecule has 2 aromatic rings. The second-order valence-electron chi connectivity index (χ2n) is 7.34. The first-order chi connectivity index (χ1) is 14.3. The van der Waals surface area contributed by atoms with Crippen LogP contribution in [0.3, 0.4) is 0 Å². The molecule has 1 aromatic carbocycles. The lowest BCUT2D eigenvalue weighted by atomic mass is 9.93. The van der Waals surface area contributed by atoms with E-state index < -0.39 is 30.6 Å². The number of halogens is 4. The number of ether oxygens (including phenoxy) is 1. The van der Waals surface area contributed by atoms with Crippen molar-refractivity contribution in [1.82, 2.24) is 9.88 Å². The van der Waals surface area contributed by atoms with Crippen LogP contribution in [0, 0.1) is 5.82 Å². The summed E-state index contributed by atoms with van der Waals surface area (Å²) in [6.07, 6.45) is -0.951. The van der Waals surface area contributed by atoms with Crippen molar-refractivity contribution in [2.45, 2.75) is 50.4 Å². The van der Waals surface area contributed by atoms with Crippen LogP contribution in [-0.4, -0.2) is 35.1 Å². The molecule has 0 spiro atoms. The van der Waals surface area contributed by atoms with Crippen LogP contribution in [0.5, 0.6) is 0 Å². The van der Waals surface area contributed by atoms with Gasteiger partial charge < -0.3 is 9.64 Å². The summed E-state index contributed by atoms with van der Waals surface area (Å²) < 4.78 is 57.1. The number of hydrogen-bond acceptors (Lipinski definition) is 3. The molecule has 1 aliphatic heterocycles. The van der Waals surface area contributed by atoms with Crippen molar-refractivity contribution >= 4 is 5.91 Å². The van der Waals surface area contributed by atoms with Crippen LogP contribution >= 0.6 is 0 Å². The van der Waals surface area contributed by atoms with Crippen molar-refractivity contribution in [2.24, 2.45) is 0 Å². The highest BCUT2D eigenvalue weighted by Gasteiger charge is 2.35. The second-order valence-corrected chi connectivity index (χ2v) is 7.34. The number of alkyl halides is 3. The number of hydrogen-bond donors (Lipinski definition) is 0. The molecule has 2 atom stereocenters. The number of amides is 1. The predicted octanol–water partition coefficient (Wildman–Crippen LogP) is 5.37. The Balaban J connectivity index is 1.93. The molecule has 8 heteroatoms. The average Bonchev–Trinajstić information content (AvgIpc) is 2.72. The first-order valence-electron chi connectivity index (χ1n) is 9.98. The van der Waals surface area contributed by atoms with Gasteiger partial charge in [0.05, 0.1) is 6.04 Å². The first-order valence-corrected chi connectivity index (χ1v) is 9.98. The molecule has 1 saturated heterocycles. The average molecular weight is 424 g/mol. The minimum absolute atomic E-state index is 0.0524. The SMILES string of the molecule is O=C1CCCCN1C(c1ccc(F)cc1)C(OCCCC(F)(F)F)c1cccnc1. The number of carbonyl (C=O) groups is 1. The van der Waals surface area contributed by atoms with Crippen LogP contribution in [0.1, 0.15) is 55.4 Å². The highest BCUT2D eigenvalue weighted by molar-refractivity contribution is 5.77. The van der Waals surface area contributed by atoms with Gasteiger partial charge in [0.2, 0.25) is 5.91 Å². The number of rotatable bonds is 8. The molecule has 0 aliphatic carbocycles. The van der Waals surface area contributed by atoms with Crippen LogP contribution in [0.15, 0.2) is 48.8 Å². The van der Waals surface area contributed by atoms with E-state index in [-0.39, 0.29) is 18.9 Å². The minimum Gasteiger partial charge on any atom is -0.371 e. The van der Waals surface area contributed by atoms with Crippen LogP contribution in [-0.2, 0) is 9.53 Å². The Bertz CT molecular complexity index is 812. The van der Waals surface area contributed by atoms with Crippen molar-refractivity contribution in [2.75, 3.05) is 13.2 Å². The van der Waals surface area contributed by atoms with Crippen molar-refractivity contribution in [3.63, 3.8) is 0 Å². The van der Waals surface area contributed by atoms with E-state index in [2.05, 4.69) is 4.98 Å². The Hall–Kier alpha value is -2.48. The summed E-state index contributed by atoms with van der Waals surface area (Å²) in [4.78, 5) is 18.5. The lowest BCUT2D eigenvalue weighted by Crippen LogP contribution is -2.41. The number of nitrogens with zero attached hydrogens (tertiary/aromatic N) is 2. The number of pyridine rings is 1. The Labute approximate surface area is 172 Å². The summed E-state index contributed by atoms with van der Waals surface area (Å²) >= 11 is 0. The number of carbonyl (C=O) groups excluding carboxylic acids is 1. The fourth-order valence-electron chi connectivity index (χ4n) is 3.70. The minimum atomic E-state index is -4.26. The van der Waals surface area contributed by atoms with Gasteiger partial charge >= 0.3 is 6.18 Å². The lowest BCUT2D eigenvalue weighted by Gasteiger charge is -2.39. The fourth-order valence-corrected chi connectivity index (χ4v) is 3.70. The summed E-state index contributed by atoms with van der Waals surface area (Å²) in [5.41, 5.74) is 1.31. The Morgan fingerprint density at radius 2 is 1.87 bits per heavy atom. The third-order valence-electron chi connectivity index (χ3n) is 5.11. The van der Waals surface area contributed by atoms with Gasteiger partial charge in [0.15, 0.2) is 0 Å². The number of aromatic nitrogens is 1. The molecule has 0 bridgehead atoms. The molecule has 1 amide bonds. The lowest BCUT2D eigenvalue weighted by molar-refractivity contribution is -0.144. The molecule has 1 fully saturated rings. The van der Waals surface area contributed by atoms with Gasteiger partial charge in [0.1, 0.15) is 11.9 Å². The van der Waals surface area contributed by atoms with E-state index in [0.29, 0.717) is 24.1 Å².